The largest absolute Gasteiger partial charge is 0.464 e. The van der Waals surface area contributed by atoms with Crippen molar-refractivity contribution in [1.29, 1.82) is 0 Å². The van der Waals surface area contributed by atoms with E-state index < -0.39 is 23.8 Å². The minimum absolute atomic E-state index is 0.0376. The van der Waals surface area contributed by atoms with E-state index in [1.165, 1.54) is 86.8 Å². The molecule has 0 radical (unpaired) electrons. The Morgan fingerprint density at radius 1 is 0.268 bits per heavy atom. The second-order valence-electron chi connectivity index (χ2n) is 32.4. The Hall–Kier alpha value is -6.97. The number of ether oxygens (including phenoxy) is 7. The number of rotatable bonds is 91. The summed E-state index contributed by atoms with van der Waals surface area (Å²) >= 11 is 0. The topological polar surface area (TPSA) is 261 Å². The van der Waals surface area contributed by atoms with Gasteiger partial charge in [-0.05, 0) is 180 Å². The monoisotopic (exact) mass is 1730 g/mol. The number of amides is 5. The van der Waals surface area contributed by atoms with Gasteiger partial charge in [0.2, 0.25) is 29.5 Å². The van der Waals surface area contributed by atoms with E-state index in [-0.39, 0.29) is 172 Å². The first-order chi connectivity index (χ1) is 60.3. The first-order valence-corrected chi connectivity index (χ1v) is 49.2. The summed E-state index contributed by atoms with van der Waals surface area (Å²) < 4.78 is 38.6. The van der Waals surface area contributed by atoms with Gasteiger partial charge in [0.25, 0.3) is 0 Å². The molecule has 706 valence electrons. The van der Waals surface area contributed by atoms with Gasteiger partial charge in [-0.3, -0.25) is 43.2 Å². The van der Waals surface area contributed by atoms with Crippen LogP contribution in [-0.2, 0) is 76.3 Å². The maximum atomic E-state index is 13.9. The maximum absolute atomic E-state index is 13.9. The van der Waals surface area contributed by atoms with Crippen molar-refractivity contribution in [2.45, 2.75) is 393 Å². The minimum Gasteiger partial charge on any atom is -0.464 e. The molecule has 0 aliphatic rings. The number of nitrogens with zero attached hydrogens (tertiary/aromatic N) is 2. The van der Waals surface area contributed by atoms with E-state index >= 15 is 0 Å². The van der Waals surface area contributed by atoms with Crippen LogP contribution in [0.15, 0.2) is 97.2 Å². The summed E-state index contributed by atoms with van der Waals surface area (Å²) in [7, 11) is 1.60. The summed E-state index contributed by atoms with van der Waals surface area (Å²) in [6, 6.07) is -0.991. The van der Waals surface area contributed by atoms with Crippen LogP contribution < -0.4 is 16.0 Å². The number of carbonyl (C=O) groups excluding carboxylic acids is 9. The molecule has 1 atom stereocenters. The van der Waals surface area contributed by atoms with Gasteiger partial charge in [0, 0.05) is 78.2 Å². The van der Waals surface area contributed by atoms with Gasteiger partial charge >= 0.3 is 23.9 Å². The third-order valence-electron chi connectivity index (χ3n) is 21.1. The van der Waals surface area contributed by atoms with Gasteiger partial charge in [-0.15, -0.1) is 0 Å². The molecule has 0 saturated carbocycles. The summed E-state index contributed by atoms with van der Waals surface area (Å²) in [6.07, 6.45) is 84.8. The van der Waals surface area contributed by atoms with Crippen LogP contribution in [0.5, 0.6) is 0 Å². The molecule has 0 spiro atoms. The zero-order valence-electron chi connectivity index (χ0n) is 78.4. The van der Waals surface area contributed by atoms with E-state index in [4.69, 9.17) is 33.2 Å². The van der Waals surface area contributed by atoms with Crippen LogP contribution in [0, 0.1) is 0 Å². The zero-order valence-corrected chi connectivity index (χ0v) is 78.4. The molecule has 0 rings (SSSR count). The summed E-state index contributed by atoms with van der Waals surface area (Å²) in [5.41, 5.74) is 0. The first-order valence-electron chi connectivity index (χ1n) is 49.2. The van der Waals surface area contributed by atoms with Crippen molar-refractivity contribution in [3.8, 4) is 0 Å². The predicted octanol–water partition coefficient (Wildman–Crippen LogP) is 22.6. The van der Waals surface area contributed by atoms with E-state index in [2.05, 4.69) is 141 Å². The number of hydrogen-bond acceptors (Lipinski definition) is 16. The van der Waals surface area contributed by atoms with Crippen molar-refractivity contribution in [3.63, 3.8) is 0 Å². The lowest BCUT2D eigenvalue weighted by Crippen LogP contribution is -2.47. The summed E-state index contributed by atoms with van der Waals surface area (Å²) in [4.78, 5) is 123. The van der Waals surface area contributed by atoms with E-state index in [0.717, 1.165) is 180 Å². The molecule has 3 N–H and O–H groups in total. The van der Waals surface area contributed by atoms with Crippen molar-refractivity contribution in [3.05, 3.63) is 97.2 Å². The Bertz CT molecular complexity index is 2670. The molecule has 0 aromatic rings. The van der Waals surface area contributed by atoms with Gasteiger partial charge < -0.3 is 58.9 Å². The minimum atomic E-state index is -0.991. The fraction of sp³-hybridized carbons (Fsp3) is 0.755. The third kappa shape index (κ3) is 85.6. The van der Waals surface area contributed by atoms with Crippen LogP contribution >= 0.6 is 0 Å². The molecule has 5 amide bonds. The SMILES string of the molecule is CCCCC/C=C\C/C=C\CCCCCCCC(=O)OCCN(CCOC(=O)CCCCCCC/C=C\C/C=C\CCCCC)C(=O)CCCC(=O)N[C@@H](CCCNC(=O)CCC(=O)N(CCOC(=O)CCCCCCC/C=C\C/C=C\CCCCC)CCOC(=O)CCCCCCC/C=C\C/C=C\CCCCC)C(=O)NCCCOCCOCCOC. The normalized spacial score (nSPS) is 12.1. The summed E-state index contributed by atoms with van der Waals surface area (Å²) in [5, 5.41) is 8.61. The van der Waals surface area contributed by atoms with Crippen molar-refractivity contribution in [1.82, 2.24) is 25.8 Å². The molecule has 0 aliphatic carbocycles. The van der Waals surface area contributed by atoms with Gasteiger partial charge in [0.1, 0.15) is 32.5 Å². The number of methoxy groups -OCH3 is 1. The van der Waals surface area contributed by atoms with Crippen LogP contribution in [0.25, 0.3) is 0 Å². The third-order valence-corrected chi connectivity index (χ3v) is 21.1. The molecule has 0 aliphatic heterocycles. The van der Waals surface area contributed by atoms with Crippen molar-refractivity contribution >= 4 is 53.4 Å². The molecule has 0 aromatic carbocycles. The standard InChI is InChI=1S/C102H177N5O16/c1-6-10-14-18-22-26-30-34-38-42-46-50-54-58-62-72-98(112)120-85-80-106(81-86-121-99(113)73-63-59-55-51-47-43-39-35-31-27-23-19-15-11-7-2)96(110)71-66-70-95(109)105-93(102(116)104-79-68-84-118-91-92-119-90-89-117-5)69-67-78-103-94(108)76-77-97(111)107(82-87-122-100(114)74-64-60-56-52-48-44-40-36-32-28-24-20-16-12-8-3)83-88-123-101(115)75-65-61-57-53-49-45-41-37-33-29-25-21-17-13-9-4/h22-29,34-41,93H,6-21,30-33,42-92H2,1-5H3,(H,103,108)(H,104,116)(H,105,109)/b26-22-,27-23-,28-24-,29-25-,38-34-,39-35-,40-36-,41-37-/t93-/m0/s1. The van der Waals surface area contributed by atoms with E-state index in [9.17, 15) is 43.2 Å². The van der Waals surface area contributed by atoms with Gasteiger partial charge in [-0.1, -0.05) is 253 Å². The van der Waals surface area contributed by atoms with Crippen molar-refractivity contribution < 1.29 is 76.3 Å². The van der Waals surface area contributed by atoms with Crippen molar-refractivity contribution in [2.24, 2.45) is 0 Å². The van der Waals surface area contributed by atoms with Crippen LogP contribution in [0.1, 0.15) is 387 Å². The second-order valence-corrected chi connectivity index (χ2v) is 32.4. The van der Waals surface area contributed by atoms with Crippen LogP contribution in [-0.4, -0.2) is 175 Å². The molecule has 0 heterocycles. The van der Waals surface area contributed by atoms with E-state index in [1.807, 2.05) is 0 Å². The predicted molar refractivity (Wildman–Crippen MR) is 503 cm³/mol. The number of allylic oxidation sites excluding steroid dienone is 16. The van der Waals surface area contributed by atoms with Crippen LogP contribution in [0.2, 0.25) is 0 Å². The maximum Gasteiger partial charge on any atom is 0.305 e. The molecule has 0 aromatic heterocycles. The van der Waals surface area contributed by atoms with Crippen LogP contribution in [0.3, 0.4) is 0 Å². The molecule has 0 saturated heterocycles. The fourth-order valence-electron chi connectivity index (χ4n) is 13.5. The highest BCUT2D eigenvalue weighted by atomic mass is 16.6. The van der Waals surface area contributed by atoms with Crippen LogP contribution in [0.4, 0.5) is 0 Å². The highest BCUT2D eigenvalue weighted by Gasteiger charge is 2.23. The van der Waals surface area contributed by atoms with E-state index in [0.29, 0.717) is 65.1 Å². The molecule has 21 heteroatoms. The number of unbranched alkanes of at least 4 members (excludes halogenated alkanes) is 32. The molecule has 0 unspecified atom stereocenters. The Morgan fingerprint density at radius 3 is 0.911 bits per heavy atom. The fourth-order valence-corrected chi connectivity index (χ4v) is 13.5. The number of carbonyl (C=O) groups is 9. The average Bonchev–Trinajstić information content (AvgIpc) is 0.921. The summed E-state index contributed by atoms with van der Waals surface area (Å²) in [6.45, 7) is 11.4. The quantitative estimate of drug-likeness (QED) is 0.0221. The molecule has 123 heavy (non-hydrogen) atoms. The lowest BCUT2D eigenvalue weighted by molar-refractivity contribution is -0.148. The van der Waals surface area contributed by atoms with Gasteiger partial charge in [0.05, 0.1) is 52.6 Å². The number of hydrogen-bond donors (Lipinski definition) is 3. The van der Waals surface area contributed by atoms with Gasteiger partial charge in [-0.2, -0.15) is 0 Å². The molecule has 0 fully saturated rings. The number of esters is 4. The highest BCUT2D eigenvalue weighted by Crippen LogP contribution is 2.16. The number of nitrogens with one attached hydrogen (secondary N) is 3. The lowest BCUT2D eigenvalue weighted by atomic mass is 10.1. The average molecular weight is 1730 g/mol. The Balaban J connectivity index is 5.85. The summed E-state index contributed by atoms with van der Waals surface area (Å²) in [5.74, 6) is -3.33. The van der Waals surface area contributed by atoms with E-state index in [1.54, 1.807) is 7.11 Å². The Kier molecular flexibility index (Phi) is 88.8. The smallest absolute Gasteiger partial charge is 0.305 e. The van der Waals surface area contributed by atoms with Gasteiger partial charge in [-0.25, -0.2) is 0 Å². The molecule has 0 bridgehead atoms. The molecular weight excluding hydrogens is 1550 g/mol. The first kappa shape index (κ1) is 116. The van der Waals surface area contributed by atoms with Crippen molar-refractivity contribution in [2.75, 3.05) is 106 Å². The van der Waals surface area contributed by atoms with Gasteiger partial charge in [0.15, 0.2) is 0 Å². The Morgan fingerprint density at radius 2 is 0.569 bits per heavy atom. The molecule has 21 nitrogen and oxygen atoms in total. The zero-order chi connectivity index (χ0) is 89.5. The lowest BCUT2D eigenvalue weighted by Gasteiger charge is -2.23. The second kappa shape index (κ2) is 94.2. The Labute approximate surface area is 747 Å². The highest BCUT2D eigenvalue weighted by molar-refractivity contribution is 5.88. The molecular formula is C102H177N5O16.